The Bertz CT molecular complexity index is 1430. The molecule has 0 unspecified atom stereocenters. The highest BCUT2D eigenvalue weighted by atomic mass is 79.9. The van der Waals surface area contributed by atoms with E-state index >= 15 is 0 Å². The van der Waals surface area contributed by atoms with E-state index in [-0.39, 0.29) is 18.0 Å². The molecule has 2 aromatic heterocycles. The fraction of sp³-hybridized carbons (Fsp3) is 0.250. The van der Waals surface area contributed by atoms with Crippen LogP contribution in [0.2, 0.25) is 0 Å². The Morgan fingerprint density at radius 2 is 2.00 bits per heavy atom. The second-order valence-corrected chi connectivity index (χ2v) is 8.79. The second kappa shape index (κ2) is 8.70. The summed E-state index contributed by atoms with van der Waals surface area (Å²) < 4.78 is 4.07. The molecule has 0 aliphatic rings. The van der Waals surface area contributed by atoms with Crippen molar-refractivity contribution in [1.29, 1.82) is 0 Å². The molecule has 8 heteroatoms. The molecule has 7 nitrogen and oxygen atoms in total. The van der Waals surface area contributed by atoms with Crippen molar-refractivity contribution in [2.75, 3.05) is 0 Å². The lowest BCUT2D eigenvalue weighted by atomic mass is 10.1. The predicted molar refractivity (Wildman–Crippen MR) is 131 cm³/mol. The molecule has 1 amide bonds. The molecule has 0 spiro atoms. The first-order chi connectivity index (χ1) is 15.3. The van der Waals surface area contributed by atoms with Crippen LogP contribution in [-0.4, -0.2) is 26.3 Å². The SMILES string of the molecule is CC[C@H](C)c1nc2ccc(Br)cc2c(=O)n1N=Cc1c(C)n(CC(N)=O)c2ccccc12. The van der Waals surface area contributed by atoms with Crippen LogP contribution >= 0.6 is 15.9 Å². The molecule has 32 heavy (non-hydrogen) atoms. The van der Waals surface area contributed by atoms with Gasteiger partial charge in [-0.3, -0.25) is 9.59 Å². The lowest BCUT2D eigenvalue weighted by Crippen LogP contribution is -2.23. The lowest BCUT2D eigenvalue weighted by Gasteiger charge is -2.14. The first-order valence-corrected chi connectivity index (χ1v) is 11.2. The van der Waals surface area contributed by atoms with Crippen LogP contribution in [0.1, 0.15) is 43.3 Å². The summed E-state index contributed by atoms with van der Waals surface area (Å²) in [6, 6.07) is 13.2. The standard InChI is InChI=1S/C24H24BrN5O2/c1-4-14(2)23-28-20-10-9-16(25)11-18(20)24(32)30(23)27-12-19-15(3)29(13-22(26)31)21-8-6-5-7-17(19)21/h5-12,14H,4,13H2,1-3H3,(H2,26,31)/t14-/m0/s1. The smallest absolute Gasteiger partial charge is 0.282 e. The molecule has 0 fully saturated rings. The second-order valence-electron chi connectivity index (χ2n) is 7.87. The van der Waals surface area contributed by atoms with Crippen LogP contribution in [0.3, 0.4) is 0 Å². The van der Waals surface area contributed by atoms with E-state index in [9.17, 15) is 9.59 Å². The number of hydrogen-bond donors (Lipinski definition) is 1. The van der Waals surface area contributed by atoms with Crippen molar-refractivity contribution in [3.63, 3.8) is 0 Å². The van der Waals surface area contributed by atoms with E-state index in [2.05, 4.69) is 28.0 Å². The third-order valence-corrected chi connectivity index (χ3v) is 6.28. The minimum Gasteiger partial charge on any atom is -0.368 e. The molecule has 1 atom stereocenters. The normalized spacial score (nSPS) is 12.8. The zero-order chi connectivity index (χ0) is 23.0. The van der Waals surface area contributed by atoms with Gasteiger partial charge in [-0.2, -0.15) is 9.78 Å². The van der Waals surface area contributed by atoms with Gasteiger partial charge in [0.25, 0.3) is 5.56 Å². The molecule has 0 bridgehead atoms. The van der Waals surface area contributed by atoms with Gasteiger partial charge in [0.05, 0.1) is 17.1 Å². The van der Waals surface area contributed by atoms with Gasteiger partial charge < -0.3 is 10.3 Å². The molecule has 0 aliphatic carbocycles. The molecule has 2 N–H and O–H groups in total. The number of carbonyl (C=O) groups is 1. The Morgan fingerprint density at radius 1 is 1.25 bits per heavy atom. The summed E-state index contributed by atoms with van der Waals surface area (Å²) >= 11 is 3.43. The Hall–Kier alpha value is -3.26. The van der Waals surface area contributed by atoms with Gasteiger partial charge in [-0.05, 0) is 37.6 Å². The van der Waals surface area contributed by atoms with Gasteiger partial charge in [0.15, 0.2) is 0 Å². The fourth-order valence-electron chi connectivity index (χ4n) is 3.87. The van der Waals surface area contributed by atoms with Crippen LogP contribution in [-0.2, 0) is 11.3 Å². The van der Waals surface area contributed by atoms with Gasteiger partial charge >= 0.3 is 0 Å². The number of amides is 1. The number of rotatable bonds is 6. The topological polar surface area (TPSA) is 95.3 Å². The molecular weight excluding hydrogens is 470 g/mol. The number of nitrogens with two attached hydrogens (primary N) is 1. The number of carbonyl (C=O) groups excluding carboxylic acids is 1. The summed E-state index contributed by atoms with van der Waals surface area (Å²) in [5, 5.41) is 6.03. The minimum absolute atomic E-state index is 0.0465. The molecule has 0 radical (unpaired) electrons. The average molecular weight is 494 g/mol. The Labute approximate surface area is 193 Å². The van der Waals surface area contributed by atoms with E-state index in [0.29, 0.717) is 16.7 Å². The van der Waals surface area contributed by atoms with Crippen LogP contribution < -0.4 is 11.3 Å². The first-order valence-electron chi connectivity index (χ1n) is 10.4. The van der Waals surface area contributed by atoms with E-state index in [1.165, 1.54) is 4.68 Å². The maximum absolute atomic E-state index is 13.4. The molecular formula is C24H24BrN5O2. The van der Waals surface area contributed by atoms with Gasteiger partial charge in [-0.1, -0.05) is 48.0 Å². The average Bonchev–Trinajstić information content (AvgIpc) is 3.03. The van der Waals surface area contributed by atoms with Crippen molar-refractivity contribution in [1.82, 2.24) is 14.2 Å². The molecule has 2 aromatic carbocycles. The highest BCUT2D eigenvalue weighted by molar-refractivity contribution is 9.10. The largest absolute Gasteiger partial charge is 0.368 e. The van der Waals surface area contributed by atoms with Crippen molar-refractivity contribution in [2.24, 2.45) is 10.8 Å². The van der Waals surface area contributed by atoms with Gasteiger partial charge in [-0.25, -0.2) is 4.98 Å². The van der Waals surface area contributed by atoms with Crippen molar-refractivity contribution < 1.29 is 4.79 Å². The van der Waals surface area contributed by atoms with Crippen LogP contribution in [0.25, 0.3) is 21.8 Å². The molecule has 164 valence electrons. The number of primary amides is 1. The van der Waals surface area contributed by atoms with Crippen LogP contribution in [0, 0.1) is 6.92 Å². The predicted octanol–water partition coefficient (Wildman–Crippen LogP) is 4.30. The molecule has 4 rings (SSSR count). The third kappa shape index (κ3) is 3.86. The molecule has 2 heterocycles. The first kappa shape index (κ1) is 22.0. The zero-order valence-corrected chi connectivity index (χ0v) is 19.8. The molecule has 0 saturated heterocycles. The van der Waals surface area contributed by atoms with Crippen molar-refractivity contribution in [3.8, 4) is 0 Å². The lowest BCUT2D eigenvalue weighted by molar-refractivity contribution is -0.118. The number of hydrogen-bond acceptors (Lipinski definition) is 4. The van der Waals surface area contributed by atoms with E-state index in [1.54, 1.807) is 12.3 Å². The van der Waals surface area contributed by atoms with Gasteiger partial charge in [-0.15, -0.1) is 0 Å². The Kier molecular flexibility index (Phi) is 5.97. The van der Waals surface area contributed by atoms with Crippen molar-refractivity contribution in [3.05, 3.63) is 74.4 Å². The number of aromatic nitrogens is 3. The van der Waals surface area contributed by atoms with E-state index in [0.717, 1.165) is 33.1 Å². The van der Waals surface area contributed by atoms with E-state index in [1.807, 2.05) is 54.8 Å². The summed E-state index contributed by atoms with van der Waals surface area (Å²) in [5.41, 5.74) is 8.46. The summed E-state index contributed by atoms with van der Waals surface area (Å²) in [5.74, 6) is 0.240. The maximum atomic E-state index is 13.4. The summed E-state index contributed by atoms with van der Waals surface area (Å²) in [7, 11) is 0. The van der Waals surface area contributed by atoms with Gasteiger partial charge in [0, 0.05) is 32.6 Å². The van der Waals surface area contributed by atoms with Gasteiger partial charge in [0.1, 0.15) is 12.4 Å². The van der Waals surface area contributed by atoms with Crippen LogP contribution in [0.5, 0.6) is 0 Å². The van der Waals surface area contributed by atoms with Gasteiger partial charge in [0.2, 0.25) is 5.91 Å². The van der Waals surface area contributed by atoms with E-state index < -0.39 is 5.91 Å². The monoisotopic (exact) mass is 493 g/mol. The number of para-hydroxylation sites is 1. The van der Waals surface area contributed by atoms with E-state index in [4.69, 9.17) is 10.7 Å². The summed E-state index contributed by atoms with van der Waals surface area (Å²) in [6.45, 7) is 6.07. The van der Waals surface area contributed by atoms with Crippen molar-refractivity contribution >= 4 is 49.9 Å². The molecule has 0 aliphatic heterocycles. The minimum atomic E-state index is -0.420. The third-order valence-electron chi connectivity index (χ3n) is 5.78. The quantitative estimate of drug-likeness (QED) is 0.405. The maximum Gasteiger partial charge on any atom is 0.282 e. The highest BCUT2D eigenvalue weighted by Crippen LogP contribution is 2.25. The number of fused-ring (bicyclic) bond motifs is 2. The number of benzene rings is 2. The van der Waals surface area contributed by atoms with Crippen molar-refractivity contribution in [2.45, 2.75) is 39.7 Å². The molecule has 4 aromatic rings. The zero-order valence-electron chi connectivity index (χ0n) is 18.2. The van der Waals surface area contributed by atoms with Crippen LogP contribution in [0.4, 0.5) is 0 Å². The highest BCUT2D eigenvalue weighted by Gasteiger charge is 2.17. The van der Waals surface area contributed by atoms with Crippen LogP contribution in [0.15, 0.2) is 56.8 Å². The summed E-state index contributed by atoms with van der Waals surface area (Å²) in [6.07, 6.45) is 2.49. The number of nitrogens with zero attached hydrogens (tertiary/aromatic N) is 4. The number of halogens is 1. The Balaban J connectivity index is 1.94. The molecule has 0 saturated carbocycles. The Morgan fingerprint density at radius 3 is 2.72 bits per heavy atom. The fourth-order valence-corrected chi connectivity index (χ4v) is 4.24. The summed E-state index contributed by atoms with van der Waals surface area (Å²) in [4.78, 5) is 29.7.